The Labute approximate surface area is 439 Å². The standard InChI is InChI=1S/C61H94O12/c1-4-7-10-13-16-19-22-24-25-26-27-28-29-31-33-35-38-41-44-47-53(62)69-50-52(71-54(63)48-45-42-39-37-34-30-23-20-17-14-11-8-5-2)51-70-61-59(57(66)56(65)58(73-61)60(67)68)72-55(64)49-46-43-40-36-32-21-18-15-12-9-6-3/h7-8,10-11,15-20,24-25,27-28,30-31,33-34,39,42,52,56-59,61,65-66H,4-6,9,12-14,21-23,26,29,32,35-38,40-41,43-51H2,1-3H3,(H,67,68)/b10-7-,11-8-,18-15-,19-16-,20-17-,25-24-,28-27-,33-31-,34-30-,42-39-. The molecule has 1 rings (SSSR count). The van der Waals surface area contributed by atoms with Crippen LogP contribution < -0.4 is 0 Å². The highest BCUT2D eigenvalue weighted by molar-refractivity contribution is 5.74. The molecule has 12 heteroatoms. The quantitative estimate of drug-likeness (QED) is 0.0228. The number of carboxylic acid groups (broad SMARTS) is 1. The molecule has 0 aromatic rings. The molecular formula is C61H94O12. The van der Waals surface area contributed by atoms with E-state index in [2.05, 4.69) is 130 Å². The number of aliphatic hydroxyl groups is 2. The lowest BCUT2D eigenvalue weighted by Gasteiger charge is -2.40. The predicted octanol–water partition coefficient (Wildman–Crippen LogP) is 13.7. The van der Waals surface area contributed by atoms with Crippen LogP contribution in [0.4, 0.5) is 0 Å². The van der Waals surface area contributed by atoms with Gasteiger partial charge in [0.25, 0.3) is 0 Å². The van der Waals surface area contributed by atoms with Crippen LogP contribution >= 0.6 is 0 Å². The Kier molecular flexibility index (Phi) is 43.6. The number of hydrogen-bond donors (Lipinski definition) is 3. The lowest BCUT2D eigenvalue weighted by atomic mass is 9.98. The minimum Gasteiger partial charge on any atom is -0.479 e. The lowest BCUT2D eigenvalue weighted by Crippen LogP contribution is -2.61. The summed E-state index contributed by atoms with van der Waals surface area (Å²) in [5.74, 6) is -3.31. The molecule has 12 nitrogen and oxygen atoms in total. The van der Waals surface area contributed by atoms with Crippen LogP contribution in [-0.2, 0) is 42.9 Å². The van der Waals surface area contributed by atoms with Crippen molar-refractivity contribution in [2.24, 2.45) is 0 Å². The van der Waals surface area contributed by atoms with E-state index in [1.165, 1.54) is 12.8 Å². The first-order chi connectivity index (χ1) is 35.6. The molecule has 0 bridgehead atoms. The average molecular weight is 1020 g/mol. The van der Waals surface area contributed by atoms with Gasteiger partial charge in [-0.05, 0) is 109 Å². The van der Waals surface area contributed by atoms with Crippen molar-refractivity contribution in [1.29, 1.82) is 0 Å². The Bertz CT molecular complexity index is 1730. The van der Waals surface area contributed by atoms with Crippen molar-refractivity contribution >= 4 is 23.9 Å². The molecule has 1 aliphatic rings. The number of carbonyl (C=O) groups excluding carboxylic acids is 3. The maximum absolute atomic E-state index is 13.1. The highest BCUT2D eigenvalue weighted by Crippen LogP contribution is 2.26. The maximum atomic E-state index is 13.1. The van der Waals surface area contributed by atoms with Crippen molar-refractivity contribution in [2.75, 3.05) is 13.2 Å². The molecule has 73 heavy (non-hydrogen) atoms. The summed E-state index contributed by atoms with van der Waals surface area (Å²) in [5, 5.41) is 31.3. The van der Waals surface area contributed by atoms with Crippen molar-refractivity contribution in [3.8, 4) is 0 Å². The summed E-state index contributed by atoms with van der Waals surface area (Å²) in [6.07, 6.45) is 53.5. The van der Waals surface area contributed by atoms with Crippen LogP contribution in [0, 0.1) is 0 Å². The van der Waals surface area contributed by atoms with Gasteiger partial charge in [-0.1, -0.05) is 181 Å². The first-order valence-electron chi connectivity index (χ1n) is 27.5. The fourth-order valence-electron chi connectivity index (χ4n) is 7.33. The van der Waals surface area contributed by atoms with Crippen molar-refractivity contribution < 1.29 is 58.2 Å². The molecule has 0 saturated carbocycles. The Morgan fingerprint density at radius 2 is 0.890 bits per heavy atom. The minimum atomic E-state index is -1.92. The zero-order valence-electron chi connectivity index (χ0n) is 44.8. The van der Waals surface area contributed by atoms with E-state index in [4.69, 9.17) is 23.7 Å². The zero-order chi connectivity index (χ0) is 53.3. The first kappa shape index (κ1) is 66.1. The Morgan fingerprint density at radius 3 is 1.40 bits per heavy atom. The smallest absolute Gasteiger partial charge is 0.335 e. The second-order valence-corrected chi connectivity index (χ2v) is 18.1. The number of carbonyl (C=O) groups is 4. The second kappa shape index (κ2) is 48.1. The van der Waals surface area contributed by atoms with Crippen LogP contribution in [0.15, 0.2) is 122 Å². The number of carboxylic acids is 1. The van der Waals surface area contributed by atoms with Gasteiger partial charge in [0.05, 0.1) is 6.61 Å². The molecule has 0 aliphatic carbocycles. The summed E-state index contributed by atoms with van der Waals surface area (Å²) in [6.45, 7) is 5.59. The van der Waals surface area contributed by atoms with Crippen molar-refractivity contribution in [2.45, 2.75) is 225 Å². The van der Waals surface area contributed by atoms with Crippen LogP contribution in [0.3, 0.4) is 0 Å². The molecule has 0 radical (unpaired) electrons. The van der Waals surface area contributed by atoms with Gasteiger partial charge in [-0.3, -0.25) is 14.4 Å². The summed E-state index contributed by atoms with van der Waals surface area (Å²) in [4.78, 5) is 50.9. The van der Waals surface area contributed by atoms with Gasteiger partial charge in [0, 0.05) is 19.3 Å². The Hall–Kier alpha value is -4.88. The fourth-order valence-corrected chi connectivity index (χ4v) is 7.33. The molecule has 6 atom stereocenters. The van der Waals surface area contributed by atoms with Gasteiger partial charge < -0.3 is 39.0 Å². The van der Waals surface area contributed by atoms with E-state index >= 15 is 0 Å². The van der Waals surface area contributed by atoms with Gasteiger partial charge in [0.1, 0.15) is 18.8 Å². The molecule has 0 amide bonds. The number of hydrogen-bond acceptors (Lipinski definition) is 11. The van der Waals surface area contributed by atoms with E-state index in [-0.39, 0.29) is 25.9 Å². The number of allylic oxidation sites excluding steroid dienone is 20. The summed E-state index contributed by atoms with van der Waals surface area (Å²) >= 11 is 0. The van der Waals surface area contributed by atoms with Crippen molar-refractivity contribution in [3.05, 3.63) is 122 Å². The van der Waals surface area contributed by atoms with Crippen LogP contribution in [0.1, 0.15) is 188 Å². The molecule has 1 fully saturated rings. The average Bonchev–Trinajstić information content (AvgIpc) is 3.37. The SMILES string of the molecule is CC/C=C\C/C=C\C/C=C\C/C=C\C/C=C\CCCCCC(=O)OCC(COC1OC(C(=O)O)C(O)C(O)C1OC(=O)CCCCCCC/C=C\CCCC)OC(=O)CC/C=C\C/C=C\C/C=C\C/C=C\CC. The fraction of sp³-hybridized carbons (Fsp3) is 0.607. The third-order valence-electron chi connectivity index (χ3n) is 11.5. The third-order valence-corrected chi connectivity index (χ3v) is 11.5. The number of aliphatic carboxylic acids is 1. The van der Waals surface area contributed by atoms with Crippen LogP contribution in [0.2, 0.25) is 0 Å². The van der Waals surface area contributed by atoms with E-state index in [0.717, 1.165) is 109 Å². The molecular weight excluding hydrogens is 925 g/mol. The number of esters is 3. The minimum absolute atomic E-state index is 0.0266. The van der Waals surface area contributed by atoms with Gasteiger partial charge in [-0.15, -0.1) is 0 Å². The lowest BCUT2D eigenvalue weighted by molar-refractivity contribution is -0.301. The van der Waals surface area contributed by atoms with E-state index in [9.17, 15) is 34.5 Å². The van der Waals surface area contributed by atoms with Gasteiger partial charge in [0.2, 0.25) is 0 Å². The summed E-state index contributed by atoms with van der Waals surface area (Å²) < 4.78 is 28.2. The number of ether oxygens (including phenoxy) is 5. The van der Waals surface area contributed by atoms with Gasteiger partial charge in [-0.25, -0.2) is 4.79 Å². The summed E-state index contributed by atoms with van der Waals surface area (Å²) in [5.41, 5.74) is 0. The molecule has 410 valence electrons. The van der Waals surface area contributed by atoms with E-state index in [1.54, 1.807) is 0 Å². The molecule has 1 heterocycles. The van der Waals surface area contributed by atoms with E-state index in [1.807, 2.05) is 12.2 Å². The Balaban J connectivity index is 2.77. The van der Waals surface area contributed by atoms with Crippen molar-refractivity contribution in [1.82, 2.24) is 0 Å². The van der Waals surface area contributed by atoms with Gasteiger partial charge in [-0.2, -0.15) is 0 Å². The normalized spacial score (nSPS) is 19.3. The number of aliphatic hydroxyl groups excluding tert-OH is 2. The molecule has 0 aromatic heterocycles. The molecule has 1 aliphatic heterocycles. The molecule has 3 N–H and O–H groups in total. The molecule has 0 aromatic carbocycles. The zero-order valence-corrected chi connectivity index (χ0v) is 44.8. The topological polar surface area (TPSA) is 175 Å². The third kappa shape index (κ3) is 38.4. The predicted molar refractivity (Wildman–Crippen MR) is 293 cm³/mol. The van der Waals surface area contributed by atoms with Gasteiger partial charge >= 0.3 is 23.9 Å². The van der Waals surface area contributed by atoms with Crippen LogP contribution in [-0.4, -0.2) is 89.2 Å². The Morgan fingerprint density at radius 1 is 0.466 bits per heavy atom. The second-order valence-electron chi connectivity index (χ2n) is 18.1. The van der Waals surface area contributed by atoms with Crippen LogP contribution in [0.25, 0.3) is 0 Å². The number of rotatable bonds is 44. The largest absolute Gasteiger partial charge is 0.479 e. The van der Waals surface area contributed by atoms with E-state index in [0.29, 0.717) is 25.7 Å². The summed E-state index contributed by atoms with van der Waals surface area (Å²) in [7, 11) is 0. The highest BCUT2D eigenvalue weighted by atomic mass is 16.7. The molecule has 6 unspecified atom stereocenters. The highest BCUT2D eigenvalue weighted by Gasteiger charge is 2.50. The van der Waals surface area contributed by atoms with E-state index < -0.39 is 67.3 Å². The monoisotopic (exact) mass is 1020 g/mol. The molecule has 0 spiro atoms. The maximum Gasteiger partial charge on any atom is 0.335 e. The van der Waals surface area contributed by atoms with Crippen LogP contribution in [0.5, 0.6) is 0 Å². The first-order valence-corrected chi connectivity index (χ1v) is 27.5. The molecule has 1 saturated heterocycles. The van der Waals surface area contributed by atoms with Gasteiger partial charge in [0.15, 0.2) is 24.6 Å². The summed E-state index contributed by atoms with van der Waals surface area (Å²) in [6, 6.07) is 0. The number of unbranched alkanes of at least 4 members (excludes halogenated alkanes) is 10. The van der Waals surface area contributed by atoms with Crippen molar-refractivity contribution in [3.63, 3.8) is 0 Å².